The fourth-order valence-corrected chi connectivity index (χ4v) is 3.23. The molecule has 1 amide bonds. The Morgan fingerprint density at radius 2 is 2.04 bits per heavy atom. The Balaban J connectivity index is 1.64. The van der Waals surface area contributed by atoms with E-state index < -0.39 is 6.10 Å². The van der Waals surface area contributed by atoms with E-state index in [1.165, 1.54) is 4.90 Å². The van der Waals surface area contributed by atoms with Gasteiger partial charge in [0.15, 0.2) is 6.10 Å². The predicted molar refractivity (Wildman–Crippen MR) is 110 cm³/mol. The first kappa shape index (κ1) is 20.1. The van der Waals surface area contributed by atoms with Crippen molar-refractivity contribution in [1.82, 2.24) is 15.0 Å². The monoisotopic (exact) mass is 443 g/mol. The van der Waals surface area contributed by atoms with Crippen molar-refractivity contribution in [3.05, 3.63) is 64.0 Å². The number of hydrogen-bond donors (Lipinski definition) is 0. The van der Waals surface area contributed by atoms with Crippen LogP contribution in [0.25, 0.3) is 11.4 Å². The minimum atomic E-state index is -0.626. The molecule has 0 aliphatic heterocycles. The highest BCUT2D eigenvalue weighted by Gasteiger charge is 2.22. The Kier molecular flexibility index (Phi) is 6.14. The highest BCUT2D eigenvalue weighted by Crippen LogP contribution is 2.22. The molecule has 0 bridgehead atoms. The molecule has 0 N–H and O–H groups in total. The Morgan fingerprint density at radius 3 is 2.75 bits per heavy atom. The van der Waals surface area contributed by atoms with Gasteiger partial charge in [-0.1, -0.05) is 50.9 Å². The largest absolute Gasteiger partial charge is 0.481 e. The van der Waals surface area contributed by atoms with E-state index in [2.05, 4.69) is 26.1 Å². The molecule has 2 aromatic carbocycles. The van der Waals surface area contributed by atoms with Crippen molar-refractivity contribution in [2.24, 2.45) is 0 Å². The molecular weight excluding hydrogens is 422 g/mol. The van der Waals surface area contributed by atoms with Crippen LogP contribution in [0.15, 0.2) is 51.5 Å². The zero-order valence-electron chi connectivity index (χ0n) is 16.3. The summed E-state index contributed by atoms with van der Waals surface area (Å²) in [6.45, 7) is 5.93. The Hall–Kier alpha value is -2.67. The summed E-state index contributed by atoms with van der Waals surface area (Å²) >= 11 is 3.42. The standard InChI is InChI=1S/C21H22BrN3O3/c1-13-8-9-18(14(2)10-13)27-15(3)21(26)25(4)12-19-23-20(24-28-19)16-6-5-7-17(22)11-16/h5-11,15H,12H2,1-4H3/t15-/m0/s1. The van der Waals surface area contributed by atoms with E-state index >= 15 is 0 Å². The number of amides is 1. The maximum Gasteiger partial charge on any atom is 0.263 e. The SMILES string of the molecule is Cc1ccc(O[C@@H](C)C(=O)N(C)Cc2nc(-c3cccc(Br)c3)no2)c(C)c1. The van der Waals surface area contributed by atoms with Crippen LogP contribution in [0.2, 0.25) is 0 Å². The number of hydrogen-bond acceptors (Lipinski definition) is 5. The second-order valence-corrected chi connectivity index (χ2v) is 7.66. The van der Waals surface area contributed by atoms with Crippen molar-refractivity contribution in [2.75, 3.05) is 7.05 Å². The third kappa shape index (κ3) is 4.78. The molecule has 0 aliphatic rings. The number of aryl methyl sites for hydroxylation is 2. The third-order valence-corrected chi connectivity index (χ3v) is 4.77. The van der Waals surface area contributed by atoms with Crippen LogP contribution in [0.3, 0.4) is 0 Å². The van der Waals surface area contributed by atoms with Gasteiger partial charge in [-0.3, -0.25) is 4.79 Å². The molecular formula is C21H22BrN3O3. The van der Waals surface area contributed by atoms with Crippen LogP contribution < -0.4 is 4.74 Å². The van der Waals surface area contributed by atoms with Crippen molar-refractivity contribution in [1.29, 1.82) is 0 Å². The van der Waals surface area contributed by atoms with E-state index in [0.29, 0.717) is 17.5 Å². The van der Waals surface area contributed by atoms with Crippen LogP contribution in [-0.4, -0.2) is 34.1 Å². The van der Waals surface area contributed by atoms with E-state index in [1.807, 2.05) is 56.3 Å². The first-order chi connectivity index (χ1) is 13.3. The average molecular weight is 444 g/mol. The number of ether oxygens (including phenoxy) is 1. The van der Waals surface area contributed by atoms with Crippen molar-refractivity contribution < 1.29 is 14.1 Å². The van der Waals surface area contributed by atoms with E-state index in [4.69, 9.17) is 9.26 Å². The quantitative estimate of drug-likeness (QED) is 0.559. The summed E-state index contributed by atoms with van der Waals surface area (Å²) < 4.78 is 12.1. The number of halogens is 1. The fourth-order valence-electron chi connectivity index (χ4n) is 2.83. The van der Waals surface area contributed by atoms with Gasteiger partial charge in [0.25, 0.3) is 5.91 Å². The van der Waals surface area contributed by atoms with Crippen molar-refractivity contribution in [2.45, 2.75) is 33.4 Å². The number of likely N-dealkylation sites (N-methyl/N-ethyl adjacent to an activating group) is 1. The first-order valence-electron chi connectivity index (χ1n) is 8.91. The summed E-state index contributed by atoms with van der Waals surface area (Å²) in [6, 6.07) is 13.5. The van der Waals surface area contributed by atoms with Crippen LogP contribution in [0.1, 0.15) is 23.9 Å². The molecule has 1 aromatic heterocycles. The third-order valence-electron chi connectivity index (χ3n) is 4.28. The molecule has 146 valence electrons. The highest BCUT2D eigenvalue weighted by molar-refractivity contribution is 9.10. The molecule has 0 spiro atoms. The highest BCUT2D eigenvalue weighted by atomic mass is 79.9. The van der Waals surface area contributed by atoms with Gasteiger partial charge in [0.05, 0.1) is 6.54 Å². The maximum atomic E-state index is 12.7. The lowest BCUT2D eigenvalue weighted by Crippen LogP contribution is -2.37. The zero-order valence-corrected chi connectivity index (χ0v) is 17.9. The molecule has 0 saturated carbocycles. The molecule has 28 heavy (non-hydrogen) atoms. The summed E-state index contributed by atoms with van der Waals surface area (Å²) in [5.41, 5.74) is 2.99. The maximum absolute atomic E-state index is 12.7. The minimum absolute atomic E-state index is 0.165. The smallest absolute Gasteiger partial charge is 0.263 e. The number of benzene rings is 2. The van der Waals surface area contributed by atoms with Crippen LogP contribution in [0.4, 0.5) is 0 Å². The van der Waals surface area contributed by atoms with Gasteiger partial charge in [0.1, 0.15) is 5.75 Å². The summed E-state index contributed by atoms with van der Waals surface area (Å²) in [5, 5.41) is 4.00. The van der Waals surface area contributed by atoms with Crippen molar-refractivity contribution in [3.63, 3.8) is 0 Å². The lowest BCUT2D eigenvalue weighted by Gasteiger charge is -2.21. The van der Waals surface area contributed by atoms with E-state index in [0.717, 1.165) is 21.2 Å². The minimum Gasteiger partial charge on any atom is -0.481 e. The molecule has 3 rings (SSSR count). The molecule has 0 fully saturated rings. The number of carbonyl (C=O) groups is 1. The zero-order chi connectivity index (χ0) is 20.3. The predicted octanol–water partition coefficient (Wildman–Crippen LogP) is 4.54. The molecule has 7 heteroatoms. The number of aromatic nitrogens is 2. The lowest BCUT2D eigenvalue weighted by molar-refractivity contribution is -0.137. The van der Waals surface area contributed by atoms with Crippen LogP contribution in [0.5, 0.6) is 5.75 Å². The molecule has 3 aromatic rings. The number of carbonyl (C=O) groups excluding carboxylic acids is 1. The first-order valence-corrected chi connectivity index (χ1v) is 9.70. The van der Waals surface area contributed by atoms with Gasteiger partial charge in [0.2, 0.25) is 11.7 Å². The average Bonchev–Trinajstić information content (AvgIpc) is 3.11. The van der Waals surface area contributed by atoms with Gasteiger partial charge in [-0.25, -0.2) is 0 Å². The lowest BCUT2D eigenvalue weighted by atomic mass is 10.1. The van der Waals surface area contributed by atoms with Gasteiger partial charge >= 0.3 is 0 Å². The summed E-state index contributed by atoms with van der Waals surface area (Å²) in [5.74, 6) is 1.39. The molecule has 0 radical (unpaired) electrons. The molecule has 1 heterocycles. The van der Waals surface area contributed by atoms with Crippen LogP contribution in [0, 0.1) is 13.8 Å². The Labute approximate surface area is 172 Å². The van der Waals surface area contributed by atoms with E-state index in [-0.39, 0.29) is 12.5 Å². The number of nitrogens with zero attached hydrogens (tertiary/aromatic N) is 3. The second-order valence-electron chi connectivity index (χ2n) is 6.75. The van der Waals surface area contributed by atoms with Gasteiger partial charge in [-0.2, -0.15) is 4.98 Å². The molecule has 0 saturated heterocycles. The van der Waals surface area contributed by atoms with Gasteiger partial charge < -0.3 is 14.2 Å². The Morgan fingerprint density at radius 1 is 1.25 bits per heavy atom. The molecule has 0 aliphatic carbocycles. The summed E-state index contributed by atoms with van der Waals surface area (Å²) in [6.07, 6.45) is -0.626. The number of rotatable bonds is 6. The van der Waals surface area contributed by atoms with Crippen molar-refractivity contribution >= 4 is 21.8 Å². The van der Waals surface area contributed by atoms with E-state index in [9.17, 15) is 4.79 Å². The molecule has 6 nitrogen and oxygen atoms in total. The van der Waals surface area contributed by atoms with Crippen LogP contribution in [-0.2, 0) is 11.3 Å². The van der Waals surface area contributed by atoms with E-state index in [1.54, 1.807) is 14.0 Å². The van der Waals surface area contributed by atoms with Crippen molar-refractivity contribution in [3.8, 4) is 17.1 Å². The molecule has 0 unspecified atom stereocenters. The van der Waals surface area contributed by atoms with Gasteiger partial charge in [-0.05, 0) is 44.5 Å². The fraction of sp³-hybridized carbons (Fsp3) is 0.286. The summed E-state index contributed by atoms with van der Waals surface area (Å²) in [7, 11) is 1.69. The van der Waals surface area contributed by atoms with Gasteiger partial charge in [-0.15, -0.1) is 0 Å². The van der Waals surface area contributed by atoms with Crippen LogP contribution >= 0.6 is 15.9 Å². The molecule has 1 atom stereocenters. The normalized spacial score (nSPS) is 11.9. The topological polar surface area (TPSA) is 68.5 Å². The van der Waals surface area contributed by atoms with Gasteiger partial charge in [0, 0.05) is 17.1 Å². The second kappa shape index (κ2) is 8.56. The Bertz CT molecular complexity index is 987. The summed E-state index contributed by atoms with van der Waals surface area (Å²) in [4.78, 5) is 18.6.